The lowest BCUT2D eigenvalue weighted by molar-refractivity contribution is -0.138. The Morgan fingerprint density at radius 2 is 1.80 bits per heavy atom. The number of anilines is 1. The van der Waals surface area contributed by atoms with Crippen molar-refractivity contribution in [1.82, 2.24) is 0 Å². The van der Waals surface area contributed by atoms with E-state index >= 15 is 0 Å². The van der Waals surface area contributed by atoms with Crippen molar-refractivity contribution >= 4 is 23.3 Å². The smallest absolute Gasteiger partial charge is 0.330 e. The van der Waals surface area contributed by atoms with Gasteiger partial charge in [0.1, 0.15) is 11.6 Å². The van der Waals surface area contributed by atoms with Gasteiger partial charge < -0.3 is 10.4 Å². The predicted molar refractivity (Wildman–Crippen MR) is 71.8 cm³/mol. The van der Waals surface area contributed by atoms with E-state index < -0.39 is 23.6 Å². The first-order valence-corrected chi connectivity index (χ1v) is 6.04. The average molecular weight is 298 g/mol. The molecule has 1 unspecified atom stereocenters. The topological polar surface area (TPSA) is 49.3 Å². The summed E-state index contributed by atoms with van der Waals surface area (Å²) >= 11 is 5.80. The number of carbonyl (C=O) groups is 1. The lowest BCUT2D eigenvalue weighted by atomic mass is 10.1. The van der Waals surface area contributed by atoms with Crippen molar-refractivity contribution in [3.05, 3.63) is 64.7 Å². The van der Waals surface area contributed by atoms with Crippen molar-refractivity contribution in [1.29, 1.82) is 0 Å². The van der Waals surface area contributed by atoms with Gasteiger partial charge in [-0.3, -0.25) is 0 Å². The maximum Gasteiger partial charge on any atom is 0.330 e. The molecule has 2 aromatic carbocycles. The third-order valence-electron chi connectivity index (χ3n) is 2.60. The van der Waals surface area contributed by atoms with Gasteiger partial charge in [-0.2, -0.15) is 0 Å². The van der Waals surface area contributed by atoms with Crippen molar-refractivity contribution in [2.24, 2.45) is 0 Å². The molecule has 0 spiro atoms. The molecule has 2 N–H and O–H groups in total. The van der Waals surface area contributed by atoms with Crippen LogP contribution in [0.5, 0.6) is 0 Å². The zero-order valence-electron chi connectivity index (χ0n) is 10.1. The van der Waals surface area contributed by atoms with Crippen LogP contribution in [0.15, 0.2) is 42.5 Å². The summed E-state index contributed by atoms with van der Waals surface area (Å²) in [6.07, 6.45) is 0. The largest absolute Gasteiger partial charge is 0.479 e. The average Bonchev–Trinajstić information content (AvgIpc) is 2.34. The summed E-state index contributed by atoms with van der Waals surface area (Å²) in [5.41, 5.74) is 0.421. The van der Waals surface area contributed by atoms with Gasteiger partial charge >= 0.3 is 5.97 Å². The van der Waals surface area contributed by atoms with Crippen LogP contribution in [0.3, 0.4) is 0 Å². The fraction of sp³-hybridized carbons (Fsp3) is 0.0714. The highest BCUT2D eigenvalue weighted by Crippen LogP contribution is 2.23. The molecule has 104 valence electrons. The summed E-state index contributed by atoms with van der Waals surface area (Å²) in [7, 11) is 0. The second-order valence-corrected chi connectivity index (χ2v) is 4.57. The van der Waals surface area contributed by atoms with Crippen molar-refractivity contribution in [2.75, 3.05) is 5.32 Å². The minimum atomic E-state index is -1.28. The lowest BCUT2D eigenvalue weighted by Gasteiger charge is -2.16. The molecule has 3 nitrogen and oxygen atoms in total. The predicted octanol–water partition coefficient (Wildman–Crippen LogP) is 3.86. The van der Waals surface area contributed by atoms with Gasteiger partial charge in [0.2, 0.25) is 0 Å². The van der Waals surface area contributed by atoms with Crippen molar-refractivity contribution in [3.8, 4) is 0 Å². The summed E-state index contributed by atoms with van der Waals surface area (Å²) in [6.45, 7) is 0. The van der Waals surface area contributed by atoms with Crippen LogP contribution in [0.25, 0.3) is 0 Å². The van der Waals surface area contributed by atoms with Gasteiger partial charge in [0.05, 0.1) is 0 Å². The molecule has 0 aliphatic heterocycles. The van der Waals surface area contributed by atoms with Crippen molar-refractivity contribution in [2.45, 2.75) is 6.04 Å². The monoisotopic (exact) mass is 297 g/mol. The van der Waals surface area contributed by atoms with Crippen LogP contribution >= 0.6 is 11.6 Å². The number of nitrogens with one attached hydrogen (secondary N) is 1. The number of carboxylic acids is 1. The minimum absolute atomic E-state index is 0.0185. The molecule has 0 heterocycles. The molecule has 0 radical (unpaired) electrons. The number of carboxylic acid groups (broad SMARTS) is 1. The van der Waals surface area contributed by atoms with E-state index in [9.17, 15) is 18.7 Å². The summed E-state index contributed by atoms with van der Waals surface area (Å²) in [4.78, 5) is 11.3. The van der Waals surface area contributed by atoms with Gasteiger partial charge in [-0.15, -0.1) is 0 Å². The van der Waals surface area contributed by atoms with E-state index in [4.69, 9.17) is 11.6 Å². The molecule has 0 aliphatic rings. The molecule has 0 fully saturated rings. The Balaban J connectivity index is 2.34. The Bertz CT molecular complexity index is 629. The van der Waals surface area contributed by atoms with Gasteiger partial charge in [0.15, 0.2) is 6.04 Å². The molecule has 0 bridgehead atoms. The summed E-state index contributed by atoms with van der Waals surface area (Å²) in [5.74, 6) is -2.92. The normalized spacial score (nSPS) is 11.9. The highest BCUT2D eigenvalue weighted by atomic mass is 35.5. The first kappa shape index (κ1) is 14.3. The van der Waals surface area contributed by atoms with E-state index in [1.54, 1.807) is 18.2 Å². The number of benzene rings is 2. The Morgan fingerprint density at radius 1 is 1.15 bits per heavy atom. The van der Waals surface area contributed by atoms with E-state index in [0.29, 0.717) is 16.8 Å². The third-order valence-corrected chi connectivity index (χ3v) is 2.84. The SMILES string of the molecule is O=C(O)C(Nc1cccc(Cl)c1)c1cc(F)cc(F)c1. The summed E-state index contributed by atoms with van der Waals surface area (Å²) < 4.78 is 26.3. The fourth-order valence-electron chi connectivity index (χ4n) is 1.77. The highest BCUT2D eigenvalue weighted by Gasteiger charge is 2.21. The number of hydrogen-bond donors (Lipinski definition) is 2. The molecule has 1 atom stereocenters. The second-order valence-electron chi connectivity index (χ2n) is 4.13. The van der Waals surface area contributed by atoms with Gasteiger partial charge in [-0.1, -0.05) is 17.7 Å². The molecule has 0 aromatic heterocycles. The Morgan fingerprint density at radius 3 is 2.35 bits per heavy atom. The molecule has 6 heteroatoms. The number of halogens is 3. The first-order valence-electron chi connectivity index (χ1n) is 5.66. The third kappa shape index (κ3) is 3.45. The molecule has 0 saturated carbocycles. The zero-order chi connectivity index (χ0) is 14.7. The molecular formula is C14H10ClF2NO2. The molecule has 0 amide bonds. The Kier molecular flexibility index (Phi) is 4.20. The van der Waals surface area contributed by atoms with E-state index in [1.165, 1.54) is 6.07 Å². The maximum absolute atomic E-state index is 13.2. The molecule has 20 heavy (non-hydrogen) atoms. The molecule has 0 aliphatic carbocycles. The lowest BCUT2D eigenvalue weighted by Crippen LogP contribution is -2.20. The van der Waals surface area contributed by atoms with Crippen LogP contribution in [0.1, 0.15) is 11.6 Å². The molecule has 2 aromatic rings. The van der Waals surface area contributed by atoms with Crippen LogP contribution in [-0.2, 0) is 4.79 Å². The molecule has 0 saturated heterocycles. The van der Waals surface area contributed by atoms with Crippen LogP contribution in [0, 0.1) is 11.6 Å². The van der Waals surface area contributed by atoms with Crippen LogP contribution in [0.2, 0.25) is 5.02 Å². The number of aliphatic carboxylic acids is 1. The van der Waals surface area contributed by atoms with Gasteiger partial charge in [0.25, 0.3) is 0 Å². The Labute approximate surface area is 118 Å². The van der Waals surface area contributed by atoms with Gasteiger partial charge in [-0.05, 0) is 35.9 Å². The fourth-order valence-corrected chi connectivity index (χ4v) is 1.96. The quantitative estimate of drug-likeness (QED) is 0.901. The van der Waals surface area contributed by atoms with E-state index in [-0.39, 0.29) is 5.56 Å². The van der Waals surface area contributed by atoms with E-state index in [1.807, 2.05) is 0 Å². The van der Waals surface area contributed by atoms with Crippen LogP contribution < -0.4 is 5.32 Å². The Hall–Kier alpha value is -2.14. The first-order chi connectivity index (χ1) is 9.45. The maximum atomic E-state index is 13.2. The molecule has 2 rings (SSSR count). The zero-order valence-corrected chi connectivity index (χ0v) is 10.9. The number of hydrogen-bond acceptors (Lipinski definition) is 2. The summed E-state index contributed by atoms with van der Waals surface area (Å²) in [6, 6.07) is 7.74. The van der Waals surface area contributed by atoms with E-state index in [0.717, 1.165) is 12.1 Å². The van der Waals surface area contributed by atoms with Crippen LogP contribution in [0.4, 0.5) is 14.5 Å². The van der Waals surface area contributed by atoms with Gasteiger partial charge in [-0.25, -0.2) is 13.6 Å². The standard InChI is InChI=1S/C14H10ClF2NO2/c15-9-2-1-3-12(6-9)18-13(14(19)20)8-4-10(16)7-11(17)5-8/h1-7,13,18H,(H,19,20). The minimum Gasteiger partial charge on any atom is -0.479 e. The van der Waals surface area contributed by atoms with Crippen LogP contribution in [-0.4, -0.2) is 11.1 Å². The molecular weight excluding hydrogens is 288 g/mol. The van der Waals surface area contributed by atoms with Crippen molar-refractivity contribution < 1.29 is 18.7 Å². The summed E-state index contributed by atoms with van der Waals surface area (Å²) in [5, 5.41) is 12.3. The van der Waals surface area contributed by atoms with Gasteiger partial charge in [0, 0.05) is 16.8 Å². The van der Waals surface area contributed by atoms with E-state index in [2.05, 4.69) is 5.32 Å². The van der Waals surface area contributed by atoms with Crippen molar-refractivity contribution in [3.63, 3.8) is 0 Å². The highest BCUT2D eigenvalue weighted by molar-refractivity contribution is 6.30. The second kappa shape index (κ2) is 5.88. The number of rotatable bonds is 4.